The van der Waals surface area contributed by atoms with E-state index in [9.17, 15) is 0 Å². The van der Waals surface area contributed by atoms with Crippen LogP contribution in [0.25, 0.3) is 0 Å². The zero-order valence-electron chi connectivity index (χ0n) is 13.7. The van der Waals surface area contributed by atoms with Crippen LogP contribution >= 0.6 is 24.8 Å². The van der Waals surface area contributed by atoms with Gasteiger partial charge in [-0.05, 0) is 29.3 Å². The molecule has 4 N–H and O–H groups in total. The van der Waals surface area contributed by atoms with Crippen molar-refractivity contribution >= 4 is 30.6 Å². The second kappa shape index (κ2) is 10.8. The van der Waals surface area contributed by atoms with Crippen LogP contribution in [0.15, 0.2) is 42.5 Å². The van der Waals surface area contributed by atoms with Gasteiger partial charge in [0.05, 0.1) is 7.11 Å². The second-order valence-corrected chi connectivity index (χ2v) is 4.80. The monoisotopic (exact) mass is 371 g/mol. The molecule has 7 heteroatoms. The predicted octanol–water partition coefficient (Wildman–Crippen LogP) is 3.12. The molecular weight excluding hydrogens is 349 g/mol. The molecule has 0 fully saturated rings. The number of hydrogen-bond donors (Lipinski definition) is 3. The average Bonchev–Trinajstić information content (AvgIpc) is 2.59. The Morgan fingerprint density at radius 3 is 2.21 bits per heavy atom. The second-order valence-electron chi connectivity index (χ2n) is 4.80. The molecule has 0 spiro atoms. The Bertz CT molecular complexity index is 649. The lowest BCUT2D eigenvalue weighted by Gasteiger charge is -2.13. The van der Waals surface area contributed by atoms with E-state index in [0.29, 0.717) is 30.5 Å². The Morgan fingerprint density at radius 2 is 1.67 bits per heavy atom. The molecule has 24 heavy (non-hydrogen) atoms. The number of benzene rings is 2. The SMILES string of the molecule is CNC(=N)c1ccc(OCc2ccc(CN)cc2)c(OC)c1.Cl.Cl. The van der Waals surface area contributed by atoms with Gasteiger partial charge in [-0.15, -0.1) is 24.8 Å². The Morgan fingerprint density at radius 1 is 1.04 bits per heavy atom. The third-order valence-electron chi connectivity index (χ3n) is 3.36. The van der Waals surface area contributed by atoms with Crippen molar-refractivity contribution in [2.75, 3.05) is 14.2 Å². The summed E-state index contributed by atoms with van der Waals surface area (Å²) in [4.78, 5) is 0. The molecule has 0 heterocycles. The molecule has 0 aliphatic rings. The van der Waals surface area contributed by atoms with Gasteiger partial charge < -0.3 is 20.5 Å². The van der Waals surface area contributed by atoms with Crippen molar-refractivity contribution in [3.8, 4) is 11.5 Å². The number of methoxy groups -OCH3 is 1. The summed E-state index contributed by atoms with van der Waals surface area (Å²) in [7, 11) is 3.30. The quantitative estimate of drug-likeness (QED) is 0.538. The number of nitrogens with one attached hydrogen (secondary N) is 2. The first-order valence-electron chi connectivity index (χ1n) is 7.03. The molecule has 2 aromatic carbocycles. The van der Waals surface area contributed by atoms with Crippen LogP contribution in [0.5, 0.6) is 11.5 Å². The molecule has 0 saturated heterocycles. The van der Waals surface area contributed by atoms with E-state index in [1.807, 2.05) is 36.4 Å². The van der Waals surface area contributed by atoms with Crippen LogP contribution in [0.1, 0.15) is 16.7 Å². The molecule has 0 radical (unpaired) electrons. The zero-order valence-corrected chi connectivity index (χ0v) is 15.3. The smallest absolute Gasteiger partial charge is 0.161 e. The first-order valence-corrected chi connectivity index (χ1v) is 7.03. The third kappa shape index (κ3) is 5.60. The molecule has 2 rings (SSSR count). The van der Waals surface area contributed by atoms with E-state index in [1.54, 1.807) is 20.2 Å². The number of rotatable bonds is 6. The molecule has 0 atom stereocenters. The summed E-state index contributed by atoms with van der Waals surface area (Å²) >= 11 is 0. The highest BCUT2D eigenvalue weighted by Crippen LogP contribution is 2.28. The number of nitrogens with two attached hydrogens (primary N) is 1. The number of hydrogen-bond acceptors (Lipinski definition) is 4. The fraction of sp³-hybridized carbons (Fsp3) is 0.235. The fourth-order valence-electron chi connectivity index (χ4n) is 2.02. The van der Waals surface area contributed by atoms with Gasteiger partial charge in [0.1, 0.15) is 12.4 Å². The highest BCUT2D eigenvalue weighted by Gasteiger charge is 2.08. The third-order valence-corrected chi connectivity index (χ3v) is 3.36. The van der Waals surface area contributed by atoms with Crippen LogP contribution in [0.4, 0.5) is 0 Å². The molecule has 0 unspecified atom stereocenters. The van der Waals surface area contributed by atoms with Crippen molar-refractivity contribution in [1.82, 2.24) is 5.32 Å². The summed E-state index contributed by atoms with van der Waals surface area (Å²) in [6, 6.07) is 13.4. The Balaban J connectivity index is 0.00000264. The maximum absolute atomic E-state index is 7.78. The van der Waals surface area contributed by atoms with Gasteiger partial charge in [0, 0.05) is 19.2 Å². The van der Waals surface area contributed by atoms with E-state index in [-0.39, 0.29) is 24.8 Å². The van der Waals surface area contributed by atoms with E-state index >= 15 is 0 Å². The van der Waals surface area contributed by atoms with Crippen LogP contribution < -0.4 is 20.5 Å². The van der Waals surface area contributed by atoms with Crippen molar-refractivity contribution in [3.05, 3.63) is 59.2 Å². The number of halogens is 2. The Hall–Kier alpha value is -1.95. The van der Waals surface area contributed by atoms with Crippen LogP contribution in [-0.2, 0) is 13.2 Å². The number of ether oxygens (including phenoxy) is 2. The minimum atomic E-state index is 0. The first-order chi connectivity index (χ1) is 10.7. The molecule has 5 nitrogen and oxygen atoms in total. The minimum absolute atomic E-state index is 0. The van der Waals surface area contributed by atoms with E-state index in [4.69, 9.17) is 20.6 Å². The molecule has 2 aromatic rings. The van der Waals surface area contributed by atoms with Crippen LogP contribution in [0.2, 0.25) is 0 Å². The normalized spacial score (nSPS) is 9.29. The Labute approximate surface area is 154 Å². The topological polar surface area (TPSA) is 80.4 Å². The van der Waals surface area contributed by atoms with Gasteiger partial charge in [0.25, 0.3) is 0 Å². The van der Waals surface area contributed by atoms with Crippen LogP contribution in [0, 0.1) is 5.41 Å². The first kappa shape index (κ1) is 22.1. The molecule has 132 valence electrons. The van der Waals surface area contributed by atoms with Crippen molar-refractivity contribution in [3.63, 3.8) is 0 Å². The lowest BCUT2D eigenvalue weighted by molar-refractivity contribution is 0.284. The maximum Gasteiger partial charge on any atom is 0.161 e. The van der Waals surface area contributed by atoms with Gasteiger partial charge in [-0.2, -0.15) is 0 Å². The van der Waals surface area contributed by atoms with Crippen LogP contribution in [0.3, 0.4) is 0 Å². The summed E-state index contributed by atoms with van der Waals surface area (Å²) in [5.41, 5.74) is 8.49. The van der Waals surface area contributed by atoms with Gasteiger partial charge in [0.15, 0.2) is 11.5 Å². The zero-order chi connectivity index (χ0) is 15.9. The summed E-state index contributed by atoms with van der Waals surface area (Å²) < 4.78 is 11.1. The van der Waals surface area contributed by atoms with Gasteiger partial charge in [0.2, 0.25) is 0 Å². The highest BCUT2D eigenvalue weighted by atomic mass is 35.5. The molecule has 0 bridgehead atoms. The van der Waals surface area contributed by atoms with Crippen molar-refractivity contribution in [2.45, 2.75) is 13.2 Å². The average molecular weight is 372 g/mol. The standard InChI is InChI=1S/C17H21N3O2.2ClH/c1-20-17(19)14-7-8-15(16(9-14)21-2)22-11-13-5-3-12(10-18)4-6-13;;/h3-9H,10-11,18H2,1-2H3,(H2,19,20);2*1H. The van der Waals surface area contributed by atoms with Crippen molar-refractivity contribution in [1.29, 1.82) is 5.41 Å². The molecule has 0 saturated carbocycles. The largest absolute Gasteiger partial charge is 0.493 e. The van der Waals surface area contributed by atoms with E-state index in [2.05, 4.69) is 5.32 Å². The van der Waals surface area contributed by atoms with Crippen LogP contribution in [-0.4, -0.2) is 20.0 Å². The lowest BCUT2D eigenvalue weighted by Crippen LogP contribution is -2.17. The summed E-state index contributed by atoms with van der Waals surface area (Å²) in [5.74, 6) is 1.59. The van der Waals surface area contributed by atoms with Crippen molar-refractivity contribution in [2.24, 2.45) is 5.73 Å². The molecule has 0 aromatic heterocycles. The maximum atomic E-state index is 7.78. The van der Waals surface area contributed by atoms with E-state index in [1.165, 1.54) is 0 Å². The van der Waals surface area contributed by atoms with Gasteiger partial charge in [-0.25, -0.2) is 0 Å². The summed E-state index contributed by atoms with van der Waals surface area (Å²) in [5, 5.41) is 10.6. The van der Waals surface area contributed by atoms with Gasteiger partial charge in [-0.1, -0.05) is 24.3 Å². The minimum Gasteiger partial charge on any atom is -0.493 e. The number of amidine groups is 1. The van der Waals surface area contributed by atoms with Crippen molar-refractivity contribution < 1.29 is 9.47 Å². The van der Waals surface area contributed by atoms with Gasteiger partial charge in [-0.3, -0.25) is 5.41 Å². The molecule has 0 amide bonds. The lowest BCUT2D eigenvalue weighted by atomic mass is 10.1. The van der Waals surface area contributed by atoms with Gasteiger partial charge >= 0.3 is 0 Å². The Kier molecular flexibility index (Phi) is 9.88. The highest BCUT2D eigenvalue weighted by molar-refractivity contribution is 5.96. The van der Waals surface area contributed by atoms with E-state index < -0.39 is 0 Å². The molecule has 0 aliphatic heterocycles. The molecular formula is C17H23Cl2N3O2. The summed E-state index contributed by atoms with van der Waals surface area (Å²) in [6.07, 6.45) is 0. The fourth-order valence-corrected chi connectivity index (χ4v) is 2.02. The van der Waals surface area contributed by atoms with E-state index in [0.717, 1.165) is 16.7 Å². The predicted molar refractivity (Wildman–Crippen MR) is 102 cm³/mol. The molecule has 0 aliphatic carbocycles. The summed E-state index contributed by atoms with van der Waals surface area (Å²) in [6.45, 7) is 0.984.